The zero-order chi connectivity index (χ0) is 21.4. The molecule has 2 heterocycles. The largest absolute Gasteiger partial charge is 0.508 e. The van der Waals surface area contributed by atoms with Crippen LogP contribution >= 0.6 is 0 Å². The molecular formula is C26H23N3O2. The minimum absolute atomic E-state index is 0.0464. The van der Waals surface area contributed by atoms with E-state index in [0.29, 0.717) is 12.2 Å². The van der Waals surface area contributed by atoms with Crippen LogP contribution in [-0.2, 0) is 6.42 Å². The highest BCUT2D eigenvalue weighted by Gasteiger charge is 2.41. The van der Waals surface area contributed by atoms with Gasteiger partial charge < -0.3 is 10.0 Å². The SMILES string of the molecule is Cc1ccc(-c2n[nH]c3c2C(c2ccc(O)cc2)N(CCc2ccccc2)C3=O)cc1. The van der Waals surface area contributed by atoms with Crippen molar-refractivity contribution in [3.63, 3.8) is 0 Å². The van der Waals surface area contributed by atoms with Gasteiger partial charge in [-0.1, -0.05) is 72.3 Å². The number of benzene rings is 3. The van der Waals surface area contributed by atoms with Crippen LogP contribution in [0.3, 0.4) is 0 Å². The molecule has 1 aromatic heterocycles. The lowest BCUT2D eigenvalue weighted by atomic mass is 9.95. The Morgan fingerprint density at radius 2 is 1.68 bits per heavy atom. The van der Waals surface area contributed by atoms with Gasteiger partial charge in [0.2, 0.25) is 0 Å². The van der Waals surface area contributed by atoms with Crippen LogP contribution in [0.5, 0.6) is 5.75 Å². The summed E-state index contributed by atoms with van der Waals surface area (Å²) in [6, 6.07) is 25.2. The number of aromatic hydroxyl groups is 1. The zero-order valence-corrected chi connectivity index (χ0v) is 17.2. The first-order chi connectivity index (χ1) is 15.1. The van der Waals surface area contributed by atoms with Gasteiger partial charge >= 0.3 is 0 Å². The molecule has 0 saturated carbocycles. The summed E-state index contributed by atoms with van der Waals surface area (Å²) in [4.78, 5) is 15.3. The number of aromatic amines is 1. The second-order valence-electron chi connectivity index (χ2n) is 7.96. The molecule has 5 rings (SSSR count). The number of hydrogen-bond donors (Lipinski definition) is 2. The van der Waals surface area contributed by atoms with Crippen molar-refractivity contribution >= 4 is 5.91 Å². The second kappa shape index (κ2) is 7.76. The molecule has 4 aromatic rings. The molecule has 1 atom stereocenters. The van der Waals surface area contributed by atoms with Gasteiger partial charge in [-0.25, -0.2) is 0 Å². The topological polar surface area (TPSA) is 69.2 Å². The third-order valence-electron chi connectivity index (χ3n) is 5.88. The van der Waals surface area contributed by atoms with Gasteiger partial charge in [0, 0.05) is 17.7 Å². The van der Waals surface area contributed by atoms with E-state index in [1.165, 1.54) is 11.1 Å². The molecule has 0 saturated heterocycles. The van der Waals surface area contributed by atoms with Crippen LogP contribution in [-0.4, -0.2) is 32.7 Å². The van der Waals surface area contributed by atoms with Gasteiger partial charge in [0.05, 0.1) is 11.7 Å². The Morgan fingerprint density at radius 1 is 0.968 bits per heavy atom. The summed E-state index contributed by atoms with van der Waals surface area (Å²) in [5, 5.41) is 17.3. The van der Waals surface area contributed by atoms with Crippen molar-refractivity contribution in [1.29, 1.82) is 0 Å². The highest BCUT2D eigenvalue weighted by atomic mass is 16.3. The first-order valence-electron chi connectivity index (χ1n) is 10.4. The minimum Gasteiger partial charge on any atom is -0.508 e. The molecule has 0 radical (unpaired) electrons. The molecule has 1 amide bonds. The number of carbonyl (C=O) groups excluding carboxylic acids is 1. The van der Waals surface area contributed by atoms with Gasteiger partial charge in [-0.2, -0.15) is 5.10 Å². The molecule has 2 N–H and O–H groups in total. The molecule has 1 aliphatic rings. The quantitative estimate of drug-likeness (QED) is 0.494. The maximum atomic E-state index is 13.4. The molecule has 154 valence electrons. The van der Waals surface area contributed by atoms with Gasteiger partial charge in [0.1, 0.15) is 11.4 Å². The van der Waals surface area contributed by atoms with Crippen LogP contribution < -0.4 is 0 Å². The van der Waals surface area contributed by atoms with Crippen LogP contribution in [0.25, 0.3) is 11.3 Å². The Hall–Kier alpha value is -3.86. The molecule has 31 heavy (non-hydrogen) atoms. The number of aryl methyl sites for hydroxylation is 1. The number of amides is 1. The molecule has 1 aliphatic heterocycles. The summed E-state index contributed by atoms with van der Waals surface area (Å²) in [7, 11) is 0. The number of nitrogens with zero attached hydrogens (tertiary/aromatic N) is 2. The second-order valence-corrected chi connectivity index (χ2v) is 7.96. The number of phenolic OH excluding ortho intramolecular Hbond substituents is 1. The number of aromatic nitrogens is 2. The van der Waals surface area contributed by atoms with E-state index in [4.69, 9.17) is 0 Å². The number of phenols is 1. The van der Waals surface area contributed by atoms with Gasteiger partial charge in [-0.05, 0) is 36.6 Å². The smallest absolute Gasteiger partial charge is 0.273 e. The maximum Gasteiger partial charge on any atom is 0.273 e. The van der Waals surface area contributed by atoms with E-state index in [1.54, 1.807) is 12.1 Å². The summed E-state index contributed by atoms with van der Waals surface area (Å²) in [5.74, 6) is 0.157. The van der Waals surface area contributed by atoms with E-state index in [2.05, 4.69) is 34.5 Å². The molecule has 0 fully saturated rings. The number of nitrogens with one attached hydrogen (secondary N) is 1. The van der Waals surface area contributed by atoms with Crippen LogP contribution in [0.15, 0.2) is 78.9 Å². The average Bonchev–Trinajstić information content (AvgIpc) is 3.33. The van der Waals surface area contributed by atoms with Crippen molar-refractivity contribution in [3.8, 4) is 17.0 Å². The predicted octanol–water partition coefficient (Wildman–Crippen LogP) is 4.88. The molecule has 5 nitrogen and oxygen atoms in total. The lowest BCUT2D eigenvalue weighted by Crippen LogP contribution is -2.31. The predicted molar refractivity (Wildman–Crippen MR) is 120 cm³/mol. The molecular weight excluding hydrogens is 386 g/mol. The van der Waals surface area contributed by atoms with E-state index in [1.807, 2.05) is 54.3 Å². The number of H-pyrrole nitrogens is 1. The molecule has 0 aliphatic carbocycles. The monoisotopic (exact) mass is 409 g/mol. The average molecular weight is 409 g/mol. The van der Waals surface area contributed by atoms with Gasteiger partial charge in [-0.3, -0.25) is 9.89 Å². The molecule has 5 heteroatoms. The van der Waals surface area contributed by atoms with Crippen molar-refractivity contribution < 1.29 is 9.90 Å². The molecule has 0 bridgehead atoms. The van der Waals surface area contributed by atoms with Crippen LogP contribution in [0.4, 0.5) is 0 Å². The fourth-order valence-electron chi connectivity index (χ4n) is 4.26. The summed E-state index contributed by atoms with van der Waals surface area (Å²) in [6.45, 7) is 2.64. The normalized spacial score (nSPS) is 15.3. The van der Waals surface area contributed by atoms with Crippen molar-refractivity contribution in [3.05, 3.63) is 107 Å². The van der Waals surface area contributed by atoms with Crippen molar-refractivity contribution in [2.75, 3.05) is 6.54 Å². The summed E-state index contributed by atoms with van der Waals surface area (Å²) in [5.41, 5.74) is 6.52. The maximum absolute atomic E-state index is 13.4. The van der Waals surface area contributed by atoms with E-state index in [9.17, 15) is 9.90 Å². The fourth-order valence-corrected chi connectivity index (χ4v) is 4.26. The minimum atomic E-state index is -0.262. The third kappa shape index (κ3) is 3.48. The van der Waals surface area contributed by atoms with Gasteiger partial charge in [0.15, 0.2) is 0 Å². The van der Waals surface area contributed by atoms with Crippen molar-refractivity contribution in [2.24, 2.45) is 0 Å². The highest BCUT2D eigenvalue weighted by Crippen LogP contribution is 2.43. The first-order valence-corrected chi connectivity index (χ1v) is 10.4. The lowest BCUT2D eigenvalue weighted by Gasteiger charge is -2.26. The summed E-state index contributed by atoms with van der Waals surface area (Å²) >= 11 is 0. The lowest BCUT2D eigenvalue weighted by molar-refractivity contribution is 0.0746. The Bertz CT molecular complexity index is 1210. The highest BCUT2D eigenvalue weighted by molar-refractivity contribution is 6.00. The third-order valence-corrected chi connectivity index (χ3v) is 5.88. The van der Waals surface area contributed by atoms with Crippen molar-refractivity contribution in [2.45, 2.75) is 19.4 Å². The first kappa shape index (κ1) is 19.1. The Kier molecular flexibility index (Phi) is 4.79. The Morgan fingerprint density at radius 3 is 2.39 bits per heavy atom. The Balaban J connectivity index is 1.57. The van der Waals surface area contributed by atoms with Gasteiger partial charge in [-0.15, -0.1) is 0 Å². The summed E-state index contributed by atoms with van der Waals surface area (Å²) in [6.07, 6.45) is 0.763. The van der Waals surface area contributed by atoms with Crippen LogP contribution in [0.1, 0.15) is 38.8 Å². The molecule has 3 aromatic carbocycles. The summed E-state index contributed by atoms with van der Waals surface area (Å²) < 4.78 is 0. The van der Waals surface area contributed by atoms with Crippen LogP contribution in [0, 0.1) is 6.92 Å². The van der Waals surface area contributed by atoms with E-state index >= 15 is 0 Å². The molecule has 1 unspecified atom stereocenters. The van der Waals surface area contributed by atoms with Gasteiger partial charge in [0.25, 0.3) is 5.91 Å². The zero-order valence-electron chi connectivity index (χ0n) is 17.2. The Labute approximate surface area is 181 Å². The molecule has 0 spiro atoms. The van der Waals surface area contributed by atoms with E-state index in [0.717, 1.165) is 28.8 Å². The van der Waals surface area contributed by atoms with E-state index in [-0.39, 0.29) is 17.7 Å². The number of rotatable bonds is 5. The fraction of sp³-hybridized carbons (Fsp3) is 0.154. The van der Waals surface area contributed by atoms with Crippen LogP contribution in [0.2, 0.25) is 0 Å². The number of fused-ring (bicyclic) bond motifs is 1. The number of hydrogen-bond acceptors (Lipinski definition) is 3. The standard InChI is InChI=1S/C26H23N3O2/c1-17-7-9-19(10-8-17)23-22-24(28-27-23)26(31)29(16-15-18-5-3-2-4-6-18)25(22)20-11-13-21(30)14-12-20/h2-14,25,30H,15-16H2,1H3,(H,27,28). The van der Waals surface area contributed by atoms with E-state index < -0.39 is 0 Å². The van der Waals surface area contributed by atoms with Crippen molar-refractivity contribution in [1.82, 2.24) is 15.1 Å². The number of carbonyl (C=O) groups is 1.